The zero-order valence-corrected chi connectivity index (χ0v) is 12.6. The zero-order valence-electron chi connectivity index (χ0n) is 12.6. The summed E-state index contributed by atoms with van der Waals surface area (Å²) in [6.07, 6.45) is 2.57. The van der Waals surface area contributed by atoms with Crippen LogP contribution in [0.3, 0.4) is 0 Å². The van der Waals surface area contributed by atoms with Crippen LogP contribution in [0.15, 0.2) is 42.7 Å². The molecule has 0 amide bonds. The molecule has 0 aliphatic heterocycles. The Kier molecular flexibility index (Phi) is 5.57. The third-order valence-corrected chi connectivity index (χ3v) is 3.59. The standard InChI is InChI=1S/C17H20F2N2O/c1-11(7-17(22)13-3-5-15(18)6-4-13)21-12(2)14-8-16(19)10-20-9-14/h3-6,8-12,17,21-22H,7H2,1-2H3/t11-,12+,17-/m1/s1. The lowest BCUT2D eigenvalue weighted by molar-refractivity contribution is 0.152. The number of aliphatic hydroxyl groups excluding tert-OH is 1. The van der Waals surface area contributed by atoms with Crippen LogP contribution in [0.2, 0.25) is 0 Å². The van der Waals surface area contributed by atoms with Gasteiger partial charge in [-0.15, -0.1) is 0 Å². The molecule has 0 radical (unpaired) electrons. The lowest BCUT2D eigenvalue weighted by atomic mass is 10.0. The van der Waals surface area contributed by atoms with Gasteiger partial charge in [-0.2, -0.15) is 0 Å². The summed E-state index contributed by atoms with van der Waals surface area (Å²) in [4.78, 5) is 3.83. The van der Waals surface area contributed by atoms with E-state index in [0.29, 0.717) is 12.0 Å². The number of nitrogens with one attached hydrogen (secondary N) is 1. The second kappa shape index (κ2) is 7.42. The maximum absolute atomic E-state index is 13.2. The van der Waals surface area contributed by atoms with Gasteiger partial charge >= 0.3 is 0 Å². The molecule has 118 valence electrons. The number of halogens is 2. The van der Waals surface area contributed by atoms with Crippen LogP contribution in [0, 0.1) is 11.6 Å². The van der Waals surface area contributed by atoms with Gasteiger partial charge in [0.1, 0.15) is 11.6 Å². The van der Waals surface area contributed by atoms with Crippen molar-refractivity contribution in [3.8, 4) is 0 Å². The lowest BCUT2D eigenvalue weighted by Crippen LogP contribution is -2.30. The van der Waals surface area contributed by atoms with E-state index in [1.54, 1.807) is 18.3 Å². The first-order valence-corrected chi connectivity index (χ1v) is 7.25. The van der Waals surface area contributed by atoms with Crippen molar-refractivity contribution in [2.75, 3.05) is 0 Å². The van der Waals surface area contributed by atoms with Gasteiger partial charge in [-0.1, -0.05) is 12.1 Å². The SMILES string of the molecule is C[C@H](C[C@@H](O)c1ccc(F)cc1)N[C@@H](C)c1cncc(F)c1. The maximum Gasteiger partial charge on any atom is 0.141 e. The van der Waals surface area contributed by atoms with Gasteiger partial charge < -0.3 is 10.4 Å². The maximum atomic E-state index is 13.2. The van der Waals surface area contributed by atoms with E-state index >= 15 is 0 Å². The van der Waals surface area contributed by atoms with Crippen molar-refractivity contribution in [2.45, 2.75) is 38.5 Å². The highest BCUT2D eigenvalue weighted by Crippen LogP contribution is 2.20. The molecule has 0 aliphatic rings. The predicted molar refractivity (Wildman–Crippen MR) is 81.2 cm³/mol. The molecule has 2 aromatic rings. The molecular formula is C17H20F2N2O. The Labute approximate surface area is 129 Å². The van der Waals surface area contributed by atoms with Gasteiger partial charge in [-0.3, -0.25) is 4.98 Å². The first-order chi connectivity index (χ1) is 10.5. The number of benzene rings is 1. The van der Waals surface area contributed by atoms with Gasteiger partial charge in [0, 0.05) is 18.3 Å². The van der Waals surface area contributed by atoms with Crippen molar-refractivity contribution in [1.29, 1.82) is 0 Å². The highest BCUT2D eigenvalue weighted by Gasteiger charge is 2.15. The Morgan fingerprint density at radius 1 is 1.05 bits per heavy atom. The number of pyridine rings is 1. The number of nitrogens with zero attached hydrogens (tertiary/aromatic N) is 1. The minimum absolute atomic E-state index is 0.00156. The molecule has 5 heteroatoms. The van der Waals surface area contributed by atoms with Crippen molar-refractivity contribution in [2.24, 2.45) is 0 Å². The van der Waals surface area contributed by atoms with Gasteiger partial charge in [-0.25, -0.2) is 8.78 Å². The Bertz CT molecular complexity index is 604. The molecule has 0 saturated carbocycles. The van der Waals surface area contributed by atoms with Crippen molar-refractivity contribution in [1.82, 2.24) is 10.3 Å². The second-order valence-corrected chi connectivity index (χ2v) is 5.53. The number of hydrogen-bond donors (Lipinski definition) is 2. The molecular weight excluding hydrogens is 286 g/mol. The molecule has 1 aromatic heterocycles. The topological polar surface area (TPSA) is 45.1 Å². The highest BCUT2D eigenvalue weighted by atomic mass is 19.1. The molecule has 0 bridgehead atoms. The van der Waals surface area contributed by atoms with E-state index in [0.717, 1.165) is 11.8 Å². The average Bonchev–Trinajstić information content (AvgIpc) is 2.47. The van der Waals surface area contributed by atoms with Crippen LogP contribution >= 0.6 is 0 Å². The first-order valence-electron chi connectivity index (χ1n) is 7.25. The summed E-state index contributed by atoms with van der Waals surface area (Å²) in [6.45, 7) is 3.85. The smallest absolute Gasteiger partial charge is 0.141 e. The Balaban J connectivity index is 1.91. The summed E-state index contributed by atoms with van der Waals surface area (Å²) in [7, 11) is 0. The summed E-state index contributed by atoms with van der Waals surface area (Å²) < 4.78 is 26.0. The number of hydrogen-bond acceptors (Lipinski definition) is 3. The van der Waals surface area contributed by atoms with Gasteiger partial charge in [-0.05, 0) is 49.6 Å². The molecule has 0 unspecified atom stereocenters. The van der Waals surface area contributed by atoms with Crippen LogP contribution in [0.25, 0.3) is 0 Å². The number of aromatic nitrogens is 1. The summed E-state index contributed by atoms with van der Waals surface area (Å²) in [6, 6.07) is 7.17. The van der Waals surface area contributed by atoms with Crippen LogP contribution in [0.1, 0.15) is 43.5 Å². The summed E-state index contributed by atoms with van der Waals surface area (Å²) >= 11 is 0. The summed E-state index contributed by atoms with van der Waals surface area (Å²) in [5.41, 5.74) is 1.43. The van der Waals surface area contributed by atoms with Crippen molar-refractivity contribution in [3.63, 3.8) is 0 Å². The lowest BCUT2D eigenvalue weighted by Gasteiger charge is -2.22. The molecule has 2 N–H and O–H groups in total. The van der Waals surface area contributed by atoms with Crippen molar-refractivity contribution in [3.05, 3.63) is 65.5 Å². The van der Waals surface area contributed by atoms with E-state index in [-0.39, 0.29) is 23.7 Å². The Hall–Kier alpha value is -1.85. The van der Waals surface area contributed by atoms with E-state index in [1.165, 1.54) is 18.2 Å². The minimum atomic E-state index is -0.680. The quantitative estimate of drug-likeness (QED) is 0.858. The largest absolute Gasteiger partial charge is 0.388 e. The fourth-order valence-electron chi connectivity index (χ4n) is 2.41. The summed E-state index contributed by atoms with van der Waals surface area (Å²) in [5.74, 6) is -0.695. The highest BCUT2D eigenvalue weighted by molar-refractivity contribution is 5.19. The molecule has 1 aromatic carbocycles. The molecule has 0 saturated heterocycles. The third-order valence-electron chi connectivity index (χ3n) is 3.59. The molecule has 0 fully saturated rings. The van der Waals surface area contributed by atoms with Gasteiger partial charge in [0.05, 0.1) is 12.3 Å². The van der Waals surface area contributed by atoms with Crippen LogP contribution in [-0.4, -0.2) is 16.1 Å². The third kappa shape index (κ3) is 4.58. The van der Waals surface area contributed by atoms with E-state index < -0.39 is 6.10 Å². The minimum Gasteiger partial charge on any atom is -0.388 e. The summed E-state index contributed by atoms with van der Waals surface area (Å²) in [5, 5.41) is 13.5. The normalized spacial score (nSPS) is 15.3. The average molecular weight is 306 g/mol. The predicted octanol–water partition coefficient (Wildman–Crippen LogP) is 3.52. The van der Waals surface area contributed by atoms with Crippen LogP contribution < -0.4 is 5.32 Å². The molecule has 22 heavy (non-hydrogen) atoms. The van der Waals surface area contributed by atoms with Gasteiger partial charge in [0.25, 0.3) is 0 Å². The van der Waals surface area contributed by atoms with Gasteiger partial charge in [0.15, 0.2) is 0 Å². The van der Waals surface area contributed by atoms with E-state index in [1.807, 2.05) is 13.8 Å². The molecule has 3 nitrogen and oxygen atoms in total. The van der Waals surface area contributed by atoms with E-state index in [4.69, 9.17) is 0 Å². The van der Waals surface area contributed by atoms with Crippen molar-refractivity contribution < 1.29 is 13.9 Å². The molecule has 2 rings (SSSR count). The monoisotopic (exact) mass is 306 g/mol. The van der Waals surface area contributed by atoms with Crippen LogP contribution in [0.4, 0.5) is 8.78 Å². The molecule has 0 aliphatic carbocycles. The van der Waals surface area contributed by atoms with Gasteiger partial charge in [0.2, 0.25) is 0 Å². The van der Waals surface area contributed by atoms with Crippen LogP contribution in [0.5, 0.6) is 0 Å². The van der Waals surface area contributed by atoms with E-state index in [9.17, 15) is 13.9 Å². The molecule has 3 atom stereocenters. The Morgan fingerprint density at radius 2 is 1.73 bits per heavy atom. The van der Waals surface area contributed by atoms with Crippen molar-refractivity contribution >= 4 is 0 Å². The number of rotatable bonds is 6. The zero-order chi connectivity index (χ0) is 16.1. The fraction of sp³-hybridized carbons (Fsp3) is 0.353. The van der Waals surface area contributed by atoms with E-state index in [2.05, 4.69) is 10.3 Å². The molecule has 1 heterocycles. The second-order valence-electron chi connectivity index (χ2n) is 5.53. The number of aliphatic hydroxyl groups is 1. The fourth-order valence-corrected chi connectivity index (χ4v) is 2.41. The Morgan fingerprint density at radius 3 is 2.36 bits per heavy atom. The first kappa shape index (κ1) is 16.5. The molecule has 0 spiro atoms. The van der Waals surface area contributed by atoms with Crippen LogP contribution in [-0.2, 0) is 0 Å².